The van der Waals surface area contributed by atoms with Gasteiger partial charge in [0.2, 0.25) is 0 Å². The molecule has 1 aromatic carbocycles. The van der Waals surface area contributed by atoms with Gasteiger partial charge >= 0.3 is 0 Å². The SMILES string of the molecule is CC(C)c1cc(C=O)c(O)c2scnc12. The minimum atomic E-state index is 0.0481. The fourth-order valence-corrected chi connectivity index (χ4v) is 2.36. The van der Waals surface area contributed by atoms with Gasteiger partial charge < -0.3 is 5.11 Å². The Hall–Kier alpha value is -1.42. The average molecular weight is 221 g/mol. The molecule has 1 aromatic heterocycles. The van der Waals surface area contributed by atoms with Gasteiger partial charge in [0, 0.05) is 0 Å². The lowest BCUT2D eigenvalue weighted by atomic mass is 9.99. The molecule has 0 amide bonds. The molecule has 1 N–H and O–H groups in total. The van der Waals surface area contributed by atoms with Crippen molar-refractivity contribution < 1.29 is 9.90 Å². The number of nitrogens with zero attached hydrogens (tertiary/aromatic N) is 1. The van der Waals surface area contributed by atoms with Crippen molar-refractivity contribution in [3.63, 3.8) is 0 Å². The minimum absolute atomic E-state index is 0.0481. The zero-order chi connectivity index (χ0) is 11.0. The molecule has 0 unspecified atom stereocenters. The van der Waals surface area contributed by atoms with Crippen LogP contribution in [0.15, 0.2) is 11.6 Å². The molecule has 78 valence electrons. The fraction of sp³-hybridized carbons (Fsp3) is 0.273. The Kier molecular flexibility index (Phi) is 2.44. The van der Waals surface area contributed by atoms with E-state index in [-0.39, 0.29) is 11.7 Å². The molecule has 0 aliphatic heterocycles. The van der Waals surface area contributed by atoms with Crippen LogP contribution in [-0.4, -0.2) is 16.4 Å². The highest BCUT2D eigenvalue weighted by Crippen LogP contribution is 2.35. The summed E-state index contributed by atoms with van der Waals surface area (Å²) < 4.78 is 0.698. The van der Waals surface area contributed by atoms with E-state index in [9.17, 15) is 9.90 Å². The van der Waals surface area contributed by atoms with Gasteiger partial charge in [-0.05, 0) is 17.5 Å². The number of thiazole rings is 1. The summed E-state index contributed by atoms with van der Waals surface area (Å²) >= 11 is 1.36. The quantitative estimate of drug-likeness (QED) is 0.793. The number of aromatic hydroxyl groups is 1. The van der Waals surface area contributed by atoms with Crippen molar-refractivity contribution >= 4 is 27.8 Å². The van der Waals surface area contributed by atoms with Gasteiger partial charge in [-0.1, -0.05) is 13.8 Å². The molecule has 0 spiro atoms. The molecule has 4 heteroatoms. The molecule has 3 nitrogen and oxygen atoms in total. The Morgan fingerprint density at radius 3 is 2.87 bits per heavy atom. The molecule has 0 bridgehead atoms. The van der Waals surface area contributed by atoms with Gasteiger partial charge in [-0.15, -0.1) is 11.3 Å². The minimum Gasteiger partial charge on any atom is -0.506 e. The molecule has 2 rings (SSSR count). The third-order valence-corrected chi connectivity index (χ3v) is 3.22. The Bertz CT molecular complexity index is 517. The Morgan fingerprint density at radius 2 is 2.27 bits per heavy atom. The van der Waals surface area contributed by atoms with Crippen molar-refractivity contribution in [2.45, 2.75) is 19.8 Å². The van der Waals surface area contributed by atoms with Crippen molar-refractivity contribution in [3.8, 4) is 5.75 Å². The number of carbonyl (C=O) groups is 1. The number of aromatic nitrogens is 1. The van der Waals surface area contributed by atoms with E-state index in [1.165, 1.54) is 11.3 Å². The lowest BCUT2D eigenvalue weighted by Crippen LogP contribution is -1.93. The summed E-state index contributed by atoms with van der Waals surface area (Å²) in [7, 11) is 0. The molecular weight excluding hydrogens is 210 g/mol. The summed E-state index contributed by atoms with van der Waals surface area (Å²) in [5.74, 6) is 0.334. The lowest BCUT2D eigenvalue weighted by Gasteiger charge is -2.08. The van der Waals surface area contributed by atoms with Crippen LogP contribution in [0.3, 0.4) is 0 Å². The summed E-state index contributed by atoms with van der Waals surface area (Å²) in [4.78, 5) is 15.0. The molecular formula is C11H11NO2S. The van der Waals surface area contributed by atoms with Gasteiger partial charge in [-0.25, -0.2) is 4.98 Å². The maximum absolute atomic E-state index is 10.8. The van der Waals surface area contributed by atoms with Gasteiger partial charge in [0.1, 0.15) is 5.75 Å². The van der Waals surface area contributed by atoms with Crippen LogP contribution in [0.25, 0.3) is 10.2 Å². The number of phenols is 1. The van der Waals surface area contributed by atoms with E-state index in [2.05, 4.69) is 4.98 Å². The lowest BCUT2D eigenvalue weighted by molar-refractivity contribution is 0.112. The maximum Gasteiger partial charge on any atom is 0.153 e. The summed E-state index contributed by atoms with van der Waals surface area (Å²) in [5, 5.41) is 9.78. The Morgan fingerprint density at radius 1 is 1.53 bits per heavy atom. The highest BCUT2D eigenvalue weighted by Gasteiger charge is 2.15. The number of carbonyl (C=O) groups excluding carboxylic acids is 1. The van der Waals surface area contributed by atoms with Crippen molar-refractivity contribution in [1.29, 1.82) is 0 Å². The van der Waals surface area contributed by atoms with Crippen molar-refractivity contribution in [1.82, 2.24) is 4.98 Å². The number of hydrogen-bond donors (Lipinski definition) is 1. The molecule has 0 atom stereocenters. The normalized spacial score (nSPS) is 11.1. The first-order valence-corrected chi connectivity index (χ1v) is 5.57. The molecule has 1 heterocycles. The third-order valence-electron chi connectivity index (χ3n) is 2.39. The van der Waals surface area contributed by atoms with Crippen molar-refractivity contribution in [2.75, 3.05) is 0 Å². The highest BCUT2D eigenvalue weighted by molar-refractivity contribution is 7.17. The molecule has 0 radical (unpaired) electrons. The van der Waals surface area contributed by atoms with Gasteiger partial charge in [0.05, 0.1) is 21.3 Å². The second-order valence-electron chi connectivity index (χ2n) is 3.71. The van der Waals surface area contributed by atoms with Gasteiger partial charge in [-0.2, -0.15) is 0 Å². The average Bonchev–Trinajstić information content (AvgIpc) is 2.67. The first-order valence-electron chi connectivity index (χ1n) is 4.69. The Labute approximate surface area is 91.4 Å². The topological polar surface area (TPSA) is 50.2 Å². The number of aldehydes is 1. The van der Waals surface area contributed by atoms with E-state index in [1.54, 1.807) is 11.6 Å². The molecule has 0 aliphatic carbocycles. The first-order chi connectivity index (χ1) is 7.15. The first kappa shape index (κ1) is 10.1. The summed E-state index contributed by atoms with van der Waals surface area (Å²) in [6.07, 6.45) is 0.681. The van der Waals surface area contributed by atoms with E-state index in [0.717, 1.165) is 11.1 Å². The van der Waals surface area contributed by atoms with Crippen molar-refractivity contribution in [3.05, 3.63) is 22.7 Å². The highest BCUT2D eigenvalue weighted by atomic mass is 32.1. The molecule has 2 aromatic rings. The van der Waals surface area contributed by atoms with E-state index in [1.807, 2.05) is 13.8 Å². The zero-order valence-electron chi connectivity index (χ0n) is 8.52. The summed E-state index contributed by atoms with van der Waals surface area (Å²) in [6.45, 7) is 4.08. The molecule has 0 saturated heterocycles. The Balaban J connectivity index is 2.85. The van der Waals surface area contributed by atoms with Crippen LogP contribution in [0.1, 0.15) is 35.7 Å². The van der Waals surface area contributed by atoms with E-state index in [4.69, 9.17) is 0 Å². The monoisotopic (exact) mass is 221 g/mol. The van der Waals surface area contributed by atoms with Crippen LogP contribution in [0, 0.1) is 0 Å². The number of rotatable bonds is 2. The second kappa shape index (κ2) is 3.62. The van der Waals surface area contributed by atoms with Gasteiger partial charge in [-0.3, -0.25) is 4.79 Å². The predicted octanol–water partition coefficient (Wildman–Crippen LogP) is 2.94. The third kappa shape index (κ3) is 1.51. The van der Waals surface area contributed by atoms with E-state index >= 15 is 0 Å². The van der Waals surface area contributed by atoms with Crippen LogP contribution in [0.4, 0.5) is 0 Å². The molecule has 0 fully saturated rings. The number of fused-ring (bicyclic) bond motifs is 1. The standard InChI is InChI=1S/C11H11NO2S/c1-6(2)8-3-7(4-13)10(14)11-9(8)12-5-15-11/h3-6,14H,1-2H3. The van der Waals surface area contributed by atoms with Crippen LogP contribution in [0.5, 0.6) is 5.75 Å². The zero-order valence-corrected chi connectivity index (χ0v) is 9.34. The maximum atomic E-state index is 10.8. The number of benzene rings is 1. The predicted molar refractivity (Wildman–Crippen MR) is 60.8 cm³/mol. The molecule has 0 aliphatic rings. The van der Waals surface area contributed by atoms with Crippen molar-refractivity contribution in [2.24, 2.45) is 0 Å². The van der Waals surface area contributed by atoms with Gasteiger partial charge in [0.15, 0.2) is 6.29 Å². The van der Waals surface area contributed by atoms with Gasteiger partial charge in [0.25, 0.3) is 0 Å². The number of phenolic OH excluding ortho intramolecular Hbond substituents is 1. The summed E-state index contributed by atoms with van der Waals surface area (Å²) in [6, 6.07) is 1.72. The molecule has 0 saturated carbocycles. The largest absolute Gasteiger partial charge is 0.506 e. The van der Waals surface area contributed by atoms with Crippen LogP contribution in [-0.2, 0) is 0 Å². The molecule has 15 heavy (non-hydrogen) atoms. The second-order valence-corrected chi connectivity index (χ2v) is 4.56. The fourth-order valence-electron chi connectivity index (χ4n) is 1.59. The number of hydrogen-bond acceptors (Lipinski definition) is 4. The van der Waals surface area contributed by atoms with E-state index < -0.39 is 0 Å². The smallest absolute Gasteiger partial charge is 0.153 e. The van der Waals surface area contributed by atoms with E-state index in [0.29, 0.717) is 16.5 Å². The van der Waals surface area contributed by atoms with Crippen LogP contribution >= 0.6 is 11.3 Å². The van der Waals surface area contributed by atoms with Crippen LogP contribution < -0.4 is 0 Å². The van der Waals surface area contributed by atoms with Crippen LogP contribution in [0.2, 0.25) is 0 Å². The summed E-state index contributed by atoms with van der Waals surface area (Å²) in [5.41, 5.74) is 3.84.